The number of hydrogen-bond donors (Lipinski definition) is 1. The van der Waals surface area contributed by atoms with Gasteiger partial charge in [0.05, 0.1) is 0 Å². The third-order valence-corrected chi connectivity index (χ3v) is 4.10. The Kier molecular flexibility index (Phi) is 4.64. The second-order valence-corrected chi connectivity index (χ2v) is 7.10. The number of nitrogens with one attached hydrogen (secondary N) is 1. The van der Waals surface area contributed by atoms with Crippen molar-refractivity contribution in [3.63, 3.8) is 0 Å². The van der Waals surface area contributed by atoms with E-state index in [0.717, 1.165) is 17.0 Å². The van der Waals surface area contributed by atoms with Crippen LogP contribution in [-0.2, 0) is 5.41 Å². The average molecular weight is 344 g/mol. The van der Waals surface area contributed by atoms with Gasteiger partial charge in [0.25, 0.3) is 5.56 Å². The first-order valence-electron chi connectivity index (χ1n) is 8.40. The number of ether oxygens (including phenoxy) is 1. The van der Waals surface area contributed by atoms with Gasteiger partial charge in [0.15, 0.2) is 0 Å². The molecule has 0 radical (unpaired) electrons. The maximum atomic E-state index is 12.3. The Labute approximate surface area is 152 Å². The Morgan fingerprint density at radius 2 is 1.58 bits per heavy atom. The van der Waals surface area contributed by atoms with Gasteiger partial charge in [-0.15, -0.1) is 0 Å². The summed E-state index contributed by atoms with van der Waals surface area (Å²) in [6.45, 7) is 6.06. The molecule has 0 amide bonds. The van der Waals surface area contributed by atoms with Crippen molar-refractivity contribution >= 4 is 0 Å². The smallest absolute Gasteiger partial charge is 0.266 e. The number of rotatable bonds is 3. The molecule has 0 spiro atoms. The second-order valence-electron chi connectivity index (χ2n) is 7.10. The molecule has 0 unspecified atom stereocenters. The van der Waals surface area contributed by atoms with E-state index in [4.69, 9.17) is 4.74 Å². The normalized spacial score (nSPS) is 11.0. The number of nitriles is 1. The molecule has 3 aromatic rings. The lowest BCUT2D eigenvalue weighted by Gasteiger charge is -2.20. The van der Waals surface area contributed by atoms with Gasteiger partial charge in [-0.05, 0) is 35.9 Å². The predicted molar refractivity (Wildman–Crippen MR) is 102 cm³/mol. The molecule has 0 saturated carbocycles. The molecule has 0 aliphatic heterocycles. The van der Waals surface area contributed by atoms with Crippen LogP contribution in [0.25, 0.3) is 11.1 Å². The van der Waals surface area contributed by atoms with Gasteiger partial charge in [-0.1, -0.05) is 51.1 Å². The molecule has 0 aliphatic rings. The van der Waals surface area contributed by atoms with Gasteiger partial charge in [-0.2, -0.15) is 5.26 Å². The number of aromatic nitrogens is 1. The van der Waals surface area contributed by atoms with Gasteiger partial charge >= 0.3 is 0 Å². The molecule has 4 heteroatoms. The van der Waals surface area contributed by atoms with E-state index < -0.39 is 0 Å². The van der Waals surface area contributed by atoms with E-state index in [1.54, 1.807) is 0 Å². The minimum Gasteiger partial charge on any atom is -0.457 e. The van der Waals surface area contributed by atoms with Crippen LogP contribution >= 0.6 is 0 Å². The fourth-order valence-corrected chi connectivity index (χ4v) is 2.63. The molecule has 4 nitrogen and oxygen atoms in total. The maximum Gasteiger partial charge on any atom is 0.266 e. The summed E-state index contributed by atoms with van der Waals surface area (Å²) in [7, 11) is 0. The van der Waals surface area contributed by atoms with Crippen LogP contribution in [0.3, 0.4) is 0 Å². The van der Waals surface area contributed by atoms with Crippen LogP contribution in [0.5, 0.6) is 11.5 Å². The summed E-state index contributed by atoms with van der Waals surface area (Å²) >= 11 is 0. The van der Waals surface area contributed by atoms with Crippen LogP contribution in [-0.4, -0.2) is 4.98 Å². The molecule has 2 aromatic carbocycles. The Morgan fingerprint density at radius 1 is 0.962 bits per heavy atom. The van der Waals surface area contributed by atoms with Crippen molar-refractivity contribution in [2.24, 2.45) is 0 Å². The average Bonchev–Trinajstić information content (AvgIpc) is 2.62. The van der Waals surface area contributed by atoms with E-state index in [2.05, 4.69) is 4.98 Å². The van der Waals surface area contributed by atoms with Crippen LogP contribution in [0.15, 0.2) is 65.5 Å². The summed E-state index contributed by atoms with van der Waals surface area (Å²) in [6, 6.07) is 20.8. The summed E-state index contributed by atoms with van der Waals surface area (Å²) < 4.78 is 5.79. The van der Waals surface area contributed by atoms with Crippen molar-refractivity contribution in [1.29, 1.82) is 5.26 Å². The number of para-hydroxylation sites is 1. The fourth-order valence-electron chi connectivity index (χ4n) is 2.63. The fraction of sp³-hybridized carbons (Fsp3) is 0.182. The number of hydrogen-bond acceptors (Lipinski definition) is 3. The van der Waals surface area contributed by atoms with Crippen molar-refractivity contribution in [2.75, 3.05) is 0 Å². The van der Waals surface area contributed by atoms with Crippen LogP contribution in [0, 0.1) is 11.3 Å². The van der Waals surface area contributed by atoms with Crippen LogP contribution in [0.1, 0.15) is 32.0 Å². The van der Waals surface area contributed by atoms with Crippen LogP contribution < -0.4 is 10.3 Å². The SMILES string of the molecule is CC(C)(C)c1cc(-c2ccc(Oc3ccccc3)cc2)c(C#N)c(=O)[nH]1. The molecule has 1 aromatic heterocycles. The standard InChI is InChI=1S/C22H20N2O2/c1-22(2,3)20-13-18(19(14-23)21(25)24-20)15-9-11-17(12-10-15)26-16-7-5-4-6-8-16/h4-13H,1-3H3,(H,24,25). The molecule has 0 saturated heterocycles. The Hall–Kier alpha value is -3.32. The van der Waals surface area contributed by atoms with Crippen LogP contribution in [0.4, 0.5) is 0 Å². The lowest BCUT2D eigenvalue weighted by atomic mass is 9.89. The van der Waals surface area contributed by atoms with Gasteiger partial charge in [0, 0.05) is 16.7 Å². The van der Waals surface area contributed by atoms with Crippen molar-refractivity contribution in [3.05, 3.63) is 82.3 Å². The number of benzene rings is 2. The number of aromatic amines is 1. The van der Waals surface area contributed by atoms with E-state index >= 15 is 0 Å². The largest absolute Gasteiger partial charge is 0.457 e. The first-order valence-corrected chi connectivity index (χ1v) is 8.40. The molecule has 1 heterocycles. The quantitative estimate of drug-likeness (QED) is 0.727. The van der Waals surface area contributed by atoms with E-state index in [1.807, 2.05) is 87.5 Å². The molecule has 0 aliphatic carbocycles. The molecule has 130 valence electrons. The van der Waals surface area contributed by atoms with Crippen LogP contribution in [0.2, 0.25) is 0 Å². The Bertz CT molecular complexity index is 1010. The summed E-state index contributed by atoms with van der Waals surface area (Å²) in [5, 5.41) is 9.41. The maximum absolute atomic E-state index is 12.3. The summed E-state index contributed by atoms with van der Waals surface area (Å²) in [6.07, 6.45) is 0. The van der Waals surface area contributed by atoms with Gasteiger partial charge < -0.3 is 9.72 Å². The zero-order valence-electron chi connectivity index (χ0n) is 15.0. The highest BCUT2D eigenvalue weighted by Gasteiger charge is 2.19. The minimum atomic E-state index is -0.362. The van der Waals surface area contributed by atoms with E-state index in [0.29, 0.717) is 11.3 Å². The highest BCUT2D eigenvalue weighted by atomic mass is 16.5. The van der Waals surface area contributed by atoms with Crippen molar-refractivity contribution in [2.45, 2.75) is 26.2 Å². The molecule has 26 heavy (non-hydrogen) atoms. The number of H-pyrrole nitrogens is 1. The third kappa shape index (κ3) is 3.68. The third-order valence-electron chi connectivity index (χ3n) is 4.10. The minimum absolute atomic E-state index is 0.120. The lowest BCUT2D eigenvalue weighted by molar-refractivity contribution is 0.483. The molecular formula is C22H20N2O2. The Balaban J connectivity index is 2.00. The summed E-state index contributed by atoms with van der Waals surface area (Å²) in [5.41, 5.74) is 1.76. The van der Waals surface area contributed by atoms with Gasteiger partial charge in [0.1, 0.15) is 23.1 Å². The lowest BCUT2D eigenvalue weighted by Crippen LogP contribution is -2.22. The molecule has 0 atom stereocenters. The highest BCUT2D eigenvalue weighted by Crippen LogP contribution is 2.29. The van der Waals surface area contributed by atoms with E-state index in [-0.39, 0.29) is 16.5 Å². The second kappa shape index (κ2) is 6.89. The molecule has 0 fully saturated rings. The first-order chi connectivity index (χ1) is 12.4. The monoisotopic (exact) mass is 344 g/mol. The topological polar surface area (TPSA) is 65.9 Å². The highest BCUT2D eigenvalue weighted by molar-refractivity contribution is 5.71. The van der Waals surface area contributed by atoms with E-state index in [9.17, 15) is 10.1 Å². The van der Waals surface area contributed by atoms with Gasteiger partial charge in [-0.25, -0.2) is 0 Å². The molecule has 3 rings (SSSR count). The zero-order chi connectivity index (χ0) is 18.7. The van der Waals surface area contributed by atoms with Crippen molar-refractivity contribution in [1.82, 2.24) is 4.98 Å². The van der Waals surface area contributed by atoms with Gasteiger partial charge in [0.2, 0.25) is 0 Å². The first kappa shape index (κ1) is 17.5. The number of nitrogens with zero attached hydrogens (tertiary/aromatic N) is 1. The predicted octanol–water partition coefficient (Wildman–Crippen LogP) is 5.00. The molecular weight excluding hydrogens is 324 g/mol. The van der Waals surface area contributed by atoms with Gasteiger partial charge in [-0.3, -0.25) is 4.79 Å². The Morgan fingerprint density at radius 3 is 2.15 bits per heavy atom. The zero-order valence-corrected chi connectivity index (χ0v) is 15.0. The summed E-state index contributed by atoms with van der Waals surface area (Å²) in [5.74, 6) is 1.45. The van der Waals surface area contributed by atoms with E-state index in [1.165, 1.54) is 0 Å². The van der Waals surface area contributed by atoms with Crippen molar-refractivity contribution in [3.8, 4) is 28.7 Å². The summed E-state index contributed by atoms with van der Waals surface area (Å²) in [4.78, 5) is 15.1. The molecule has 1 N–H and O–H groups in total. The van der Waals surface area contributed by atoms with Crippen molar-refractivity contribution < 1.29 is 4.74 Å². The number of pyridine rings is 1. The molecule has 0 bridgehead atoms.